The Kier molecular flexibility index (Phi) is 7.49. The van der Waals surface area contributed by atoms with Crippen LogP contribution in [0.4, 0.5) is 0 Å². The third-order valence-corrected chi connectivity index (χ3v) is 1.89. The summed E-state index contributed by atoms with van der Waals surface area (Å²) in [7, 11) is 0. The molecular weight excluding hydrogens is 285 g/mol. The van der Waals surface area contributed by atoms with Gasteiger partial charge in [-0.1, -0.05) is 37.3 Å². The molecule has 0 saturated heterocycles. The van der Waals surface area contributed by atoms with Crippen LogP contribution in [0.25, 0.3) is 0 Å². The average Bonchev–Trinajstić information content (AvgIpc) is 2.07. The number of carboxylic acids is 1. The van der Waals surface area contributed by atoms with E-state index >= 15 is 0 Å². The molecule has 64 valence electrons. The molecule has 3 heteroatoms. The minimum Gasteiger partial charge on any atom is -0.549 e. The van der Waals surface area contributed by atoms with Crippen molar-refractivity contribution >= 4 is 5.97 Å². The molecule has 0 fully saturated rings. The topological polar surface area (TPSA) is 40.1 Å². The molecule has 0 N–H and O–H groups in total. The molecule has 0 saturated carbocycles. The van der Waals surface area contributed by atoms with Crippen LogP contribution >= 0.6 is 0 Å². The van der Waals surface area contributed by atoms with Crippen LogP contribution in [0.15, 0.2) is 30.3 Å². The van der Waals surface area contributed by atoms with Crippen molar-refractivity contribution in [3.63, 3.8) is 0 Å². The SMILES string of the molecule is CCC(C(=O)[O-])c1ccccc1.[Cs+]. The van der Waals surface area contributed by atoms with Gasteiger partial charge in [-0.15, -0.1) is 0 Å². The van der Waals surface area contributed by atoms with E-state index < -0.39 is 11.9 Å². The van der Waals surface area contributed by atoms with Crippen molar-refractivity contribution in [1.29, 1.82) is 0 Å². The third kappa shape index (κ3) is 4.19. The van der Waals surface area contributed by atoms with Gasteiger partial charge in [-0.2, -0.15) is 0 Å². The minimum atomic E-state index is -0.997. The Morgan fingerprint density at radius 1 is 1.38 bits per heavy atom. The monoisotopic (exact) mass is 296 g/mol. The van der Waals surface area contributed by atoms with Crippen molar-refractivity contribution in [3.05, 3.63) is 35.9 Å². The van der Waals surface area contributed by atoms with Gasteiger partial charge in [0.1, 0.15) is 0 Å². The maximum Gasteiger partial charge on any atom is 1.00 e. The van der Waals surface area contributed by atoms with Crippen molar-refractivity contribution in [3.8, 4) is 0 Å². The molecule has 1 rings (SSSR count). The first-order chi connectivity index (χ1) is 5.75. The Hall–Kier alpha value is 0.742. The van der Waals surface area contributed by atoms with Crippen molar-refractivity contribution in [1.82, 2.24) is 0 Å². The van der Waals surface area contributed by atoms with E-state index in [0.29, 0.717) is 6.42 Å². The third-order valence-electron chi connectivity index (χ3n) is 1.89. The summed E-state index contributed by atoms with van der Waals surface area (Å²) in [4.78, 5) is 10.6. The number of hydrogen-bond acceptors (Lipinski definition) is 2. The van der Waals surface area contributed by atoms with Crippen LogP contribution in [0, 0.1) is 0 Å². The fourth-order valence-corrected chi connectivity index (χ4v) is 1.22. The second-order valence-electron chi connectivity index (χ2n) is 2.69. The molecule has 0 aromatic heterocycles. The standard InChI is InChI=1S/C10H12O2.Cs/c1-2-9(10(11)12)8-6-4-3-5-7-8;/h3-7,9H,2H2,1H3,(H,11,12);/q;+1/p-1. The Labute approximate surface area is 137 Å². The van der Waals surface area contributed by atoms with Crippen LogP contribution in [-0.2, 0) is 4.79 Å². The first-order valence-electron chi connectivity index (χ1n) is 4.01. The summed E-state index contributed by atoms with van der Waals surface area (Å²) >= 11 is 0. The van der Waals surface area contributed by atoms with Gasteiger partial charge in [-0.3, -0.25) is 0 Å². The number of benzene rings is 1. The van der Waals surface area contributed by atoms with Gasteiger partial charge in [0, 0.05) is 11.9 Å². The number of carbonyl (C=O) groups excluding carboxylic acids is 1. The molecule has 0 aliphatic heterocycles. The second kappa shape index (κ2) is 7.09. The number of carboxylic acid groups (broad SMARTS) is 1. The van der Waals surface area contributed by atoms with E-state index in [1.165, 1.54) is 0 Å². The van der Waals surface area contributed by atoms with Gasteiger partial charge in [0.25, 0.3) is 0 Å². The fraction of sp³-hybridized carbons (Fsp3) is 0.300. The zero-order chi connectivity index (χ0) is 8.97. The van der Waals surface area contributed by atoms with Crippen LogP contribution in [0.1, 0.15) is 24.8 Å². The van der Waals surface area contributed by atoms with E-state index in [1.807, 2.05) is 37.3 Å². The first-order valence-corrected chi connectivity index (χ1v) is 4.01. The quantitative estimate of drug-likeness (QED) is 0.643. The van der Waals surface area contributed by atoms with Gasteiger partial charge in [0.05, 0.1) is 0 Å². The first kappa shape index (κ1) is 13.7. The number of hydrogen-bond donors (Lipinski definition) is 0. The van der Waals surface area contributed by atoms with Crippen LogP contribution in [0.2, 0.25) is 0 Å². The normalized spacial score (nSPS) is 11.5. The fourth-order valence-electron chi connectivity index (χ4n) is 1.22. The van der Waals surface area contributed by atoms with Crippen molar-refractivity contribution in [2.75, 3.05) is 0 Å². The van der Waals surface area contributed by atoms with Gasteiger partial charge in [-0.05, 0) is 12.0 Å². The Bertz CT molecular complexity index is 259. The molecule has 0 spiro atoms. The smallest absolute Gasteiger partial charge is 0.549 e. The largest absolute Gasteiger partial charge is 1.00 e. The van der Waals surface area contributed by atoms with E-state index in [0.717, 1.165) is 5.56 Å². The number of rotatable bonds is 3. The molecule has 1 unspecified atom stereocenters. The molecule has 1 aromatic carbocycles. The van der Waals surface area contributed by atoms with E-state index in [1.54, 1.807) is 0 Å². The summed E-state index contributed by atoms with van der Waals surface area (Å²) in [5, 5.41) is 10.6. The molecule has 2 nitrogen and oxygen atoms in total. The van der Waals surface area contributed by atoms with Gasteiger partial charge >= 0.3 is 68.9 Å². The molecule has 0 aliphatic carbocycles. The van der Waals surface area contributed by atoms with Crippen molar-refractivity contribution < 1.29 is 78.8 Å². The van der Waals surface area contributed by atoms with Crippen molar-refractivity contribution in [2.45, 2.75) is 19.3 Å². The van der Waals surface area contributed by atoms with Crippen LogP contribution < -0.4 is 74.0 Å². The zero-order valence-corrected chi connectivity index (χ0v) is 14.3. The number of carbonyl (C=O) groups is 1. The molecule has 0 radical (unpaired) electrons. The average molecular weight is 296 g/mol. The van der Waals surface area contributed by atoms with Crippen LogP contribution in [0.3, 0.4) is 0 Å². The van der Waals surface area contributed by atoms with Gasteiger partial charge in [0.15, 0.2) is 0 Å². The van der Waals surface area contributed by atoms with E-state index in [2.05, 4.69) is 0 Å². The molecule has 1 aromatic rings. The van der Waals surface area contributed by atoms with Crippen LogP contribution in [-0.4, -0.2) is 5.97 Å². The summed E-state index contributed by atoms with van der Waals surface area (Å²) in [5.41, 5.74) is 0.819. The molecular formula is C10H11CsO2. The maximum atomic E-state index is 10.6. The Morgan fingerprint density at radius 3 is 2.31 bits per heavy atom. The summed E-state index contributed by atoms with van der Waals surface area (Å²) in [5.74, 6) is -1.46. The predicted molar refractivity (Wildman–Crippen MR) is 44.5 cm³/mol. The van der Waals surface area contributed by atoms with Crippen molar-refractivity contribution in [2.24, 2.45) is 0 Å². The molecule has 13 heavy (non-hydrogen) atoms. The molecule has 0 aliphatic rings. The Morgan fingerprint density at radius 2 is 1.92 bits per heavy atom. The van der Waals surface area contributed by atoms with Gasteiger partial charge in [0.2, 0.25) is 0 Å². The summed E-state index contributed by atoms with van der Waals surface area (Å²) in [6.07, 6.45) is 0.576. The molecule has 0 heterocycles. The summed E-state index contributed by atoms with van der Waals surface area (Å²) in [6.45, 7) is 1.84. The molecule has 0 amide bonds. The Balaban J connectivity index is 0.00000144. The zero-order valence-electron chi connectivity index (χ0n) is 7.99. The number of aliphatic carboxylic acids is 1. The molecule has 1 atom stereocenters. The van der Waals surface area contributed by atoms with Crippen LogP contribution in [0.5, 0.6) is 0 Å². The van der Waals surface area contributed by atoms with Gasteiger partial charge in [-0.25, -0.2) is 0 Å². The predicted octanol–water partition coefficient (Wildman–Crippen LogP) is -2.07. The van der Waals surface area contributed by atoms with Gasteiger partial charge < -0.3 is 9.90 Å². The maximum absolute atomic E-state index is 10.6. The van der Waals surface area contributed by atoms with E-state index in [-0.39, 0.29) is 68.9 Å². The van der Waals surface area contributed by atoms with E-state index in [4.69, 9.17) is 0 Å². The minimum absolute atomic E-state index is 0. The second-order valence-corrected chi connectivity index (χ2v) is 2.69. The summed E-state index contributed by atoms with van der Waals surface area (Å²) < 4.78 is 0. The van der Waals surface area contributed by atoms with E-state index in [9.17, 15) is 9.90 Å². The molecule has 0 bridgehead atoms. The summed E-state index contributed by atoms with van der Waals surface area (Å²) in [6, 6.07) is 9.15.